The molecule has 1 N–H and O–H groups in total. The lowest BCUT2D eigenvalue weighted by molar-refractivity contribution is 0.108. The first-order valence-corrected chi connectivity index (χ1v) is 10.7. The minimum absolute atomic E-state index is 0.175. The quantitative estimate of drug-likeness (QED) is 0.818. The number of rotatable bonds is 4. The summed E-state index contributed by atoms with van der Waals surface area (Å²) in [4.78, 5) is 0.175. The van der Waals surface area contributed by atoms with E-state index in [1.807, 2.05) is 18.2 Å². The van der Waals surface area contributed by atoms with E-state index in [4.69, 9.17) is 8.92 Å². The zero-order valence-electron chi connectivity index (χ0n) is 15.1. The summed E-state index contributed by atoms with van der Waals surface area (Å²) in [6.07, 6.45) is 5.68. The number of piperidine rings is 1. The molecule has 2 heterocycles. The number of allylic oxidation sites excluding steroid dienone is 3. The molecule has 1 aliphatic carbocycles. The zero-order valence-corrected chi connectivity index (χ0v) is 16.0. The van der Waals surface area contributed by atoms with Gasteiger partial charge in [0, 0.05) is 24.5 Å². The third-order valence-corrected chi connectivity index (χ3v) is 6.81. The van der Waals surface area contributed by atoms with E-state index in [1.54, 1.807) is 18.2 Å². The Balaban J connectivity index is 1.49. The Kier molecular flexibility index (Phi) is 4.57. The molecule has 2 saturated heterocycles. The highest BCUT2D eigenvalue weighted by atomic mass is 32.2. The van der Waals surface area contributed by atoms with Crippen LogP contribution in [0.15, 0.2) is 52.8 Å². The number of benzene rings is 1. The molecule has 2 fully saturated rings. The highest BCUT2D eigenvalue weighted by Crippen LogP contribution is 2.44. The van der Waals surface area contributed by atoms with Gasteiger partial charge < -0.3 is 14.2 Å². The van der Waals surface area contributed by atoms with Crippen LogP contribution in [0.3, 0.4) is 0 Å². The van der Waals surface area contributed by atoms with Gasteiger partial charge in [0.2, 0.25) is 0 Å². The standard InChI is InChI=1S/C20H25NO4S/c1-13(2)14-3-6-16(7-4-14)26(22,23)25-15-5-8-17-18-9-10-21-12-20(18)24-19(17)11-15/h3-7,11,13,17-18,20-21H,8-10,12H2,1-2H3. The minimum atomic E-state index is -3.84. The number of hydrogen-bond acceptors (Lipinski definition) is 5. The van der Waals surface area contributed by atoms with Crippen molar-refractivity contribution in [3.8, 4) is 0 Å². The van der Waals surface area contributed by atoms with Gasteiger partial charge in [0.25, 0.3) is 0 Å². The van der Waals surface area contributed by atoms with Crippen molar-refractivity contribution in [2.24, 2.45) is 11.8 Å². The summed E-state index contributed by atoms with van der Waals surface area (Å²) in [5, 5.41) is 3.35. The molecule has 26 heavy (non-hydrogen) atoms. The van der Waals surface area contributed by atoms with E-state index in [0.29, 0.717) is 23.5 Å². The largest absolute Gasteiger partial charge is 0.493 e. The van der Waals surface area contributed by atoms with Crippen LogP contribution in [-0.2, 0) is 19.0 Å². The van der Waals surface area contributed by atoms with E-state index >= 15 is 0 Å². The molecule has 0 amide bonds. The fraction of sp³-hybridized carbons (Fsp3) is 0.500. The number of fused-ring (bicyclic) bond motifs is 3. The lowest BCUT2D eigenvalue weighted by Gasteiger charge is -2.26. The molecule has 3 atom stereocenters. The summed E-state index contributed by atoms with van der Waals surface area (Å²) in [6, 6.07) is 6.89. The van der Waals surface area contributed by atoms with Crippen LogP contribution >= 0.6 is 0 Å². The summed E-state index contributed by atoms with van der Waals surface area (Å²) in [5.74, 6) is 2.44. The molecule has 5 nitrogen and oxygen atoms in total. The molecule has 0 radical (unpaired) electrons. The number of ether oxygens (including phenoxy) is 1. The van der Waals surface area contributed by atoms with E-state index in [-0.39, 0.29) is 11.0 Å². The molecular weight excluding hydrogens is 350 g/mol. The average Bonchev–Trinajstić information content (AvgIpc) is 2.99. The summed E-state index contributed by atoms with van der Waals surface area (Å²) < 4.78 is 36.6. The lowest BCUT2D eigenvalue weighted by atomic mass is 9.81. The molecule has 3 aliphatic rings. The summed E-state index contributed by atoms with van der Waals surface area (Å²) in [7, 11) is -3.84. The Labute approximate surface area is 155 Å². The zero-order chi connectivity index (χ0) is 18.3. The van der Waals surface area contributed by atoms with E-state index in [0.717, 1.165) is 37.3 Å². The SMILES string of the molecule is CC(C)c1ccc(S(=O)(=O)OC2=CCC3C(=C2)OC2CNCCC23)cc1. The Morgan fingerprint density at radius 3 is 2.73 bits per heavy atom. The molecule has 0 bridgehead atoms. The van der Waals surface area contributed by atoms with Gasteiger partial charge in [-0.05, 0) is 49.1 Å². The minimum Gasteiger partial charge on any atom is -0.493 e. The van der Waals surface area contributed by atoms with Crippen molar-refractivity contribution >= 4 is 10.1 Å². The Bertz CT molecular complexity index is 839. The molecule has 140 valence electrons. The van der Waals surface area contributed by atoms with Gasteiger partial charge in [-0.15, -0.1) is 0 Å². The van der Waals surface area contributed by atoms with E-state index < -0.39 is 10.1 Å². The van der Waals surface area contributed by atoms with Gasteiger partial charge in [0.15, 0.2) is 0 Å². The molecule has 0 saturated carbocycles. The smallest absolute Gasteiger partial charge is 0.339 e. The molecular formula is C20H25NO4S. The fourth-order valence-corrected chi connectivity index (χ4v) is 4.97. The normalized spacial score (nSPS) is 27.9. The van der Waals surface area contributed by atoms with Crippen molar-refractivity contribution in [3.05, 3.63) is 53.5 Å². The molecule has 3 unspecified atom stereocenters. The van der Waals surface area contributed by atoms with Crippen molar-refractivity contribution < 1.29 is 17.3 Å². The second-order valence-electron chi connectivity index (χ2n) is 7.57. The van der Waals surface area contributed by atoms with Crippen molar-refractivity contribution in [3.63, 3.8) is 0 Å². The van der Waals surface area contributed by atoms with Gasteiger partial charge in [-0.25, -0.2) is 0 Å². The van der Waals surface area contributed by atoms with Crippen LogP contribution in [0.1, 0.15) is 38.2 Å². The molecule has 1 aromatic rings. The summed E-state index contributed by atoms with van der Waals surface area (Å²) >= 11 is 0. The van der Waals surface area contributed by atoms with Gasteiger partial charge in [0.05, 0.1) is 0 Å². The monoisotopic (exact) mass is 375 g/mol. The lowest BCUT2D eigenvalue weighted by Crippen LogP contribution is -2.39. The number of hydrogen-bond donors (Lipinski definition) is 1. The van der Waals surface area contributed by atoms with Crippen LogP contribution in [0.25, 0.3) is 0 Å². The van der Waals surface area contributed by atoms with E-state index in [1.165, 1.54) is 0 Å². The molecule has 1 aromatic carbocycles. The Hall–Kier alpha value is -1.79. The first kappa shape index (κ1) is 17.6. The van der Waals surface area contributed by atoms with Gasteiger partial charge >= 0.3 is 10.1 Å². The third-order valence-electron chi connectivity index (χ3n) is 5.55. The first-order chi connectivity index (χ1) is 12.4. The molecule has 6 heteroatoms. The van der Waals surface area contributed by atoms with Crippen LogP contribution in [0.2, 0.25) is 0 Å². The third kappa shape index (κ3) is 3.28. The van der Waals surface area contributed by atoms with Gasteiger partial charge in [-0.2, -0.15) is 8.42 Å². The molecule has 0 spiro atoms. The predicted octanol–water partition coefficient (Wildman–Crippen LogP) is 3.31. The van der Waals surface area contributed by atoms with Crippen LogP contribution in [0.5, 0.6) is 0 Å². The Morgan fingerprint density at radius 2 is 2.00 bits per heavy atom. The first-order valence-electron chi connectivity index (χ1n) is 9.27. The Morgan fingerprint density at radius 1 is 1.23 bits per heavy atom. The van der Waals surface area contributed by atoms with E-state index in [9.17, 15) is 8.42 Å². The van der Waals surface area contributed by atoms with Crippen molar-refractivity contribution in [1.29, 1.82) is 0 Å². The average molecular weight is 375 g/mol. The van der Waals surface area contributed by atoms with Crippen LogP contribution < -0.4 is 5.32 Å². The summed E-state index contributed by atoms with van der Waals surface area (Å²) in [6.45, 7) is 6.02. The van der Waals surface area contributed by atoms with E-state index in [2.05, 4.69) is 19.2 Å². The van der Waals surface area contributed by atoms with Gasteiger partial charge in [-0.1, -0.05) is 26.0 Å². The fourth-order valence-electron chi connectivity index (χ4n) is 4.04. The predicted molar refractivity (Wildman–Crippen MR) is 98.9 cm³/mol. The van der Waals surface area contributed by atoms with Crippen LogP contribution in [-0.4, -0.2) is 27.6 Å². The second kappa shape index (κ2) is 6.74. The van der Waals surface area contributed by atoms with Crippen molar-refractivity contribution in [2.75, 3.05) is 13.1 Å². The van der Waals surface area contributed by atoms with Crippen molar-refractivity contribution in [1.82, 2.24) is 5.32 Å². The molecule has 4 rings (SSSR count). The van der Waals surface area contributed by atoms with Crippen molar-refractivity contribution in [2.45, 2.75) is 43.6 Å². The summed E-state index contributed by atoms with van der Waals surface area (Å²) in [5.41, 5.74) is 1.10. The topological polar surface area (TPSA) is 64.6 Å². The number of nitrogens with one attached hydrogen (secondary N) is 1. The highest BCUT2D eigenvalue weighted by molar-refractivity contribution is 7.86. The van der Waals surface area contributed by atoms with Gasteiger partial charge in [0.1, 0.15) is 22.5 Å². The second-order valence-corrected chi connectivity index (χ2v) is 9.12. The molecule has 0 aromatic heterocycles. The maximum atomic E-state index is 12.6. The van der Waals surface area contributed by atoms with Gasteiger partial charge in [-0.3, -0.25) is 0 Å². The molecule has 2 aliphatic heterocycles. The maximum Gasteiger partial charge on any atom is 0.339 e. The van der Waals surface area contributed by atoms with Crippen LogP contribution in [0, 0.1) is 11.8 Å². The van der Waals surface area contributed by atoms with Crippen LogP contribution in [0.4, 0.5) is 0 Å². The maximum absolute atomic E-state index is 12.6. The highest BCUT2D eigenvalue weighted by Gasteiger charge is 2.43.